The number of nitrogens with zero attached hydrogens (tertiary/aromatic N) is 3. The summed E-state index contributed by atoms with van der Waals surface area (Å²) in [5, 5.41) is 0.885. The number of urea groups is 1. The fraction of sp³-hybridized carbons (Fsp3) is 0.400. The van der Waals surface area contributed by atoms with Gasteiger partial charge in [0.15, 0.2) is 0 Å². The van der Waals surface area contributed by atoms with Gasteiger partial charge in [0, 0.05) is 24.1 Å². The topological polar surface area (TPSA) is 62.5 Å². The third kappa shape index (κ3) is 3.64. The predicted molar refractivity (Wildman–Crippen MR) is 108 cm³/mol. The number of amides is 2. The summed E-state index contributed by atoms with van der Waals surface area (Å²) in [5.74, 6) is 0.415. The monoisotopic (exact) mass is 404 g/mol. The van der Waals surface area contributed by atoms with Crippen LogP contribution >= 0.6 is 23.2 Å². The molecular weight excluding hydrogens is 383 g/mol. The van der Waals surface area contributed by atoms with Crippen molar-refractivity contribution in [3.8, 4) is 0 Å². The van der Waals surface area contributed by atoms with Gasteiger partial charge in [0.2, 0.25) is 0 Å². The van der Waals surface area contributed by atoms with Crippen LogP contribution in [0.3, 0.4) is 0 Å². The number of carbonyl (C=O) groups excluding carboxylic acids is 1. The Morgan fingerprint density at radius 3 is 2.63 bits per heavy atom. The fourth-order valence-electron chi connectivity index (χ4n) is 4.60. The number of fused-ring (bicyclic) bond motifs is 3. The van der Waals surface area contributed by atoms with Crippen molar-refractivity contribution in [3.63, 3.8) is 0 Å². The number of primary amides is 1. The summed E-state index contributed by atoms with van der Waals surface area (Å²) in [4.78, 5) is 21.0. The fourth-order valence-corrected chi connectivity index (χ4v) is 4.89. The molecular formula is C20H22Cl2N4O. The molecule has 2 unspecified atom stereocenters. The maximum atomic E-state index is 12.5. The molecule has 1 aromatic carbocycles. The molecule has 142 valence electrons. The van der Waals surface area contributed by atoms with Crippen LogP contribution in [0.2, 0.25) is 10.0 Å². The van der Waals surface area contributed by atoms with Crippen LogP contribution in [-0.4, -0.2) is 41.1 Å². The standard InChI is InChI=1S/C20H22Cl2N4O/c21-16-4-3-15(11-17(16)22)26(20(23)27)19-14-5-8-25(9-6-14)18(19)10-13-2-1-7-24-12-13/h1-4,7,11-12,14,18-19H,5-6,8-10H2,(H2,23,27). The average molecular weight is 405 g/mol. The Morgan fingerprint density at radius 1 is 1.22 bits per heavy atom. The second kappa shape index (κ2) is 7.66. The Bertz CT molecular complexity index is 824. The molecule has 7 heteroatoms. The number of hydrogen-bond acceptors (Lipinski definition) is 3. The molecule has 3 saturated heterocycles. The highest BCUT2D eigenvalue weighted by atomic mass is 35.5. The summed E-state index contributed by atoms with van der Waals surface area (Å²) in [6, 6.07) is 9.04. The molecule has 5 nitrogen and oxygen atoms in total. The molecule has 2 bridgehead atoms. The third-order valence-corrected chi connectivity index (χ3v) is 6.54. The summed E-state index contributed by atoms with van der Waals surface area (Å²) >= 11 is 12.3. The van der Waals surface area contributed by atoms with E-state index in [2.05, 4.69) is 16.0 Å². The Balaban J connectivity index is 1.71. The molecule has 27 heavy (non-hydrogen) atoms. The van der Waals surface area contributed by atoms with Crippen LogP contribution in [0.25, 0.3) is 0 Å². The maximum Gasteiger partial charge on any atom is 0.319 e. The molecule has 1 aromatic heterocycles. The molecule has 2 amide bonds. The van der Waals surface area contributed by atoms with Crippen LogP contribution in [0, 0.1) is 5.92 Å². The summed E-state index contributed by atoms with van der Waals surface area (Å²) in [7, 11) is 0. The number of rotatable bonds is 4. The van der Waals surface area contributed by atoms with Gasteiger partial charge in [0.05, 0.1) is 16.1 Å². The number of pyridine rings is 1. The Labute approximate surface area is 169 Å². The molecule has 0 radical (unpaired) electrons. The molecule has 2 atom stereocenters. The second-order valence-corrected chi connectivity index (χ2v) is 8.12. The van der Waals surface area contributed by atoms with E-state index in [0.29, 0.717) is 21.7 Å². The first-order valence-corrected chi connectivity index (χ1v) is 9.97. The number of hydrogen-bond donors (Lipinski definition) is 1. The van der Waals surface area contributed by atoms with Crippen molar-refractivity contribution >= 4 is 34.9 Å². The zero-order valence-electron chi connectivity index (χ0n) is 14.9. The van der Waals surface area contributed by atoms with Crippen LogP contribution in [0.1, 0.15) is 18.4 Å². The molecule has 3 fully saturated rings. The lowest BCUT2D eigenvalue weighted by Crippen LogP contribution is -2.66. The van der Waals surface area contributed by atoms with Crippen molar-refractivity contribution in [2.24, 2.45) is 11.7 Å². The quantitative estimate of drug-likeness (QED) is 0.837. The SMILES string of the molecule is NC(=O)N(c1ccc(Cl)c(Cl)c1)C1C2CCN(CC2)C1Cc1cccnc1. The largest absolute Gasteiger partial charge is 0.351 e. The van der Waals surface area contributed by atoms with Crippen molar-refractivity contribution < 1.29 is 4.79 Å². The lowest BCUT2D eigenvalue weighted by atomic mass is 9.76. The number of anilines is 1. The predicted octanol–water partition coefficient (Wildman–Crippen LogP) is 3.98. The Morgan fingerprint density at radius 2 is 2.00 bits per heavy atom. The van der Waals surface area contributed by atoms with Gasteiger partial charge in [0.25, 0.3) is 0 Å². The first-order valence-electron chi connectivity index (χ1n) is 9.21. The van der Waals surface area contributed by atoms with Gasteiger partial charge >= 0.3 is 6.03 Å². The van der Waals surface area contributed by atoms with Gasteiger partial charge in [-0.05, 0) is 68.1 Å². The van der Waals surface area contributed by atoms with Gasteiger partial charge in [0.1, 0.15) is 0 Å². The first kappa shape index (κ1) is 18.5. The number of aromatic nitrogens is 1. The third-order valence-electron chi connectivity index (χ3n) is 5.80. The molecule has 5 rings (SSSR count). The number of piperidine rings is 3. The normalized spacial score (nSPS) is 26.7. The van der Waals surface area contributed by atoms with E-state index in [9.17, 15) is 4.79 Å². The highest BCUT2D eigenvalue weighted by Crippen LogP contribution is 2.39. The lowest BCUT2D eigenvalue weighted by molar-refractivity contribution is 0.0279. The number of carbonyl (C=O) groups is 1. The molecule has 3 aliphatic heterocycles. The minimum Gasteiger partial charge on any atom is -0.351 e. The summed E-state index contributed by atoms with van der Waals surface area (Å²) in [5.41, 5.74) is 7.72. The second-order valence-electron chi connectivity index (χ2n) is 7.30. The first-order chi connectivity index (χ1) is 13.0. The van der Waals surface area contributed by atoms with Crippen LogP contribution in [0.15, 0.2) is 42.7 Å². The van der Waals surface area contributed by atoms with E-state index in [4.69, 9.17) is 28.9 Å². The van der Waals surface area contributed by atoms with Gasteiger partial charge in [-0.3, -0.25) is 14.8 Å². The molecule has 0 saturated carbocycles. The zero-order valence-corrected chi connectivity index (χ0v) is 16.4. The molecule has 2 aromatic rings. The highest BCUT2D eigenvalue weighted by molar-refractivity contribution is 6.42. The van der Waals surface area contributed by atoms with Crippen LogP contribution < -0.4 is 10.6 Å². The Hall–Kier alpha value is -1.82. The van der Waals surface area contributed by atoms with Crippen LogP contribution in [-0.2, 0) is 6.42 Å². The van der Waals surface area contributed by atoms with E-state index < -0.39 is 6.03 Å². The smallest absolute Gasteiger partial charge is 0.319 e. The van der Waals surface area contributed by atoms with Crippen molar-refractivity contribution in [2.75, 3.05) is 18.0 Å². The highest BCUT2D eigenvalue weighted by Gasteiger charge is 2.46. The molecule has 4 heterocycles. The summed E-state index contributed by atoms with van der Waals surface area (Å²) in [6.07, 6.45) is 6.65. The van der Waals surface area contributed by atoms with Crippen LogP contribution in [0.5, 0.6) is 0 Å². The number of nitrogens with two attached hydrogens (primary N) is 1. The summed E-state index contributed by atoms with van der Waals surface area (Å²) < 4.78 is 0. The number of halogens is 2. The molecule has 2 N–H and O–H groups in total. The molecule has 3 aliphatic rings. The molecule has 0 aliphatic carbocycles. The molecule has 0 spiro atoms. The van der Waals surface area contributed by atoms with E-state index in [-0.39, 0.29) is 12.1 Å². The van der Waals surface area contributed by atoms with E-state index in [1.165, 1.54) is 5.56 Å². The summed E-state index contributed by atoms with van der Waals surface area (Å²) in [6.45, 7) is 2.11. The van der Waals surface area contributed by atoms with E-state index in [0.717, 1.165) is 32.4 Å². The van der Waals surface area contributed by atoms with Crippen molar-refractivity contribution in [3.05, 3.63) is 58.3 Å². The lowest BCUT2D eigenvalue weighted by Gasteiger charge is -2.54. The van der Waals surface area contributed by atoms with Crippen molar-refractivity contribution in [1.29, 1.82) is 0 Å². The van der Waals surface area contributed by atoms with Crippen LogP contribution in [0.4, 0.5) is 10.5 Å². The van der Waals surface area contributed by atoms with E-state index in [1.807, 2.05) is 18.3 Å². The van der Waals surface area contributed by atoms with Gasteiger partial charge in [-0.15, -0.1) is 0 Å². The van der Waals surface area contributed by atoms with E-state index >= 15 is 0 Å². The average Bonchev–Trinajstić information content (AvgIpc) is 2.67. The van der Waals surface area contributed by atoms with Gasteiger partial charge < -0.3 is 5.73 Å². The van der Waals surface area contributed by atoms with Gasteiger partial charge in [-0.25, -0.2) is 4.79 Å². The van der Waals surface area contributed by atoms with Gasteiger partial charge in [-0.2, -0.15) is 0 Å². The number of benzene rings is 1. The minimum absolute atomic E-state index is 0.00227. The van der Waals surface area contributed by atoms with Gasteiger partial charge in [-0.1, -0.05) is 29.3 Å². The minimum atomic E-state index is -0.455. The zero-order chi connectivity index (χ0) is 19.0. The van der Waals surface area contributed by atoms with E-state index in [1.54, 1.807) is 23.2 Å². The Kier molecular flexibility index (Phi) is 5.26. The van der Waals surface area contributed by atoms with Crippen molar-refractivity contribution in [1.82, 2.24) is 9.88 Å². The maximum absolute atomic E-state index is 12.5. The van der Waals surface area contributed by atoms with Crippen molar-refractivity contribution in [2.45, 2.75) is 31.3 Å².